The summed E-state index contributed by atoms with van der Waals surface area (Å²) in [5, 5.41) is 37.9. The first-order valence-electron chi connectivity index (χ1n) is 15.4. The fraction of sp³-hybridized carbons (Fsp3) is 0.278. The Balaban J connectivity index is 1.93. The van der Waals surface area contributed by atoms with Crippen LogP contribution in [0.5, 0.6) is 0 Å². The molecule has 0 atom stereocenters. The maximum Gasteiger partial charge on any atom is 0.328 e. The zero-order valence-corrected chi connectivity index (χ0v) is 27.0. The summed E-state index contributed by atoms with van der Waals surface area (Å²) in [6, 6.07) is 7.29. The monoisotopic (exact) mass is 652 g/mol. The van der Waals surface area contributed by atoms with Gasteiger partial charge in [-0.15, -0.1) is 0 Å². The number of rotatable bonds is 11. The van der Waals surface area contributed by atoms with Gasteiger partial charge in [0.25, 0.3) is 0 Å². The highest BCUT2D eigenvalue weighted by Gasteiger charge is 2.22. The van der Waals surface area contributed by atoms with E-state index in [1.807, 2.05) is 52.0 Å². The number of aryl methyl sites for hydroxylation is 3. The number of aliphatic carboxylic acids is 4. The number of nitrogens with zero attached hydrogens (tertiary/aromatic N) is 2. The van der Waals surface area contributed by atoms with Gasteiger partial charge in [0.15, 0.2) is 0 Å². The lowest BCUT2D eigenvalue weighted by Gasteiger charge is -2.03. The number of H-pyrrole nitrogens is 2. The van der Waals surface area contributed by atoms with Crippen LogP contribution in [0, 0.1) is 13.8 Å². The largest absolute Gasteiger partial charge is 0.481 e. The highest BCUT2D eigenvalue weighted by atomic mass is 16.4. The lowest BCUT2D eigenvalue weighted by Crippen LogP contribution is -1.98. The molecule has 0 radical (unpaired) electrons. The number of allylic oxidation sites excluding steroid dienone is 4. The predicted molar refractivity (Wildman–Crippen MR) is 182 cm³/mol. The van der Waals surface area contributed by atoms with Gasteiger partial charge < -0.3 is 30.4 Å². The van der Waals surface area contributed by atoms with Crippen molar-refractivity contribution in [3.8, 4) is 0 Å². The van der Waals surface area contributed by atoms with Gasteiger partial charge in [0.2, 0.25) is 0 Å². The highest BCUT2D eigenvalue weighted by Crippen LogP contribution is 2.37. The molecule has 5 heterocycles. The maximum atomic E-state index is 11.6. The average Bonchev–Trinajstić information content (AvgIpc) is 3.66. The van der Waals surface area contributed by atoms with E-state index in [0.29, 0.717) is 50.4 Å². The Labute approximate surface area is 275 Å². The molecule has 0 aliphatic carbocycles. The molecule has 0 aromatic carbocycles. The van der Waals surface area contributed by atoms with Crippen molar-refractivity contribution >= 4 is 74.3 Å². The van der Waals surface area contributed by atoms with Crippen LogP contribution in [-0.4, -0.2) is 64.2 Å². The van der Waals surface area contributed by atoms with Crippen LogP contribution in [0.3, 0.4) is 0 Å². The lowest BCUT2D eigenvalue weighted by atomic mass is 10.00. The van der Waals surface area contributed by atoms with Gasteiger partial charge in [0.05, 0.1) is 22.8 Å². The van der Waals surface area contributed by atoms with Crippen LogP contribution in [0.1, 0.15) is 91.0 Å². The van der Waals surface area contributed by atoms with Crippen molar-refractivity contribution in [3.63, 3.8) is 0 Å². The molecule has 2 aliphatic rings. The standard InChI is InChI=1S/C36H36N4O8/c1-17-21(5-9-33(41)42)29-14-27-19(3)22(6-10-34(43)44)30(39-27)15-28-20(4)24(8-12-36(47)48)32(40-28)16-31-23(7-11-35(45)46)18(2)26(38-31)13-25(17)37-29/h5,9,13-16,37,40H,6-8,10-12H2,1-4H3,(H,41,42)(H,43,44)(H,45,46)(H,47,48). The summed E-state index contributed by atoms with van der Waals surface area (Å²) in [5.74, 6) is -3.97. The number of carbonyl (C=O) groups is 4. The third kappa shape index (κ3) is 6.97. The molecule has 12 heteroatoms. The molecule has 6 N–H and O–H groups in total. The van der Waals surface area contributed by atoms with Crippen molar-refractivity contribution in [1.82, 2.24) is 19.9 Å². The molecule has 12 nitrogen and oxygen atoms in total. The summed E-state index contributed by atoms with van der Waals surface area (Å²) in [6.45, 7) is 7.47. The van der Waals surface area contributed by atoms with Crippen LogP contribution in [0.2, 0.25) is 0 Å². The molecule has 8 bridgehead atoms. The lowest BCUT2D eigenvalue weighted by molar-refractivity contribution is -0.137. The summed E-state index contributed by atoms with van der Waals surface area (Å²) in [7, 11) is 0. The number of aromatic amines is 2. The second kappa shape index (κ2) is 13.5. The van der Waals surface area contributed by atoms with Crippen LogP contribution in [-0.2, 0) is 25.6 Å². The van der Waals surface area contributed by atoms with Crippen molar-refractivity contribution < 1.29 is 39.6 Å². The SMILES string of the molecule is CC1=C(CCC(=O)O)c2cc3[nH]c(cc4nc(cc5[nH]c(cc1n2)c(C=CC(=O)O)c5C)C(C)=C4CCC(=O)O)c(CCC(=O)O)c3C. The summed E-state index contributed by atoms with van der Waals surface area (Å²) in [5.41, 5.74) is 10.8. The van der Waals surface area contributed by atoms with Gasteiger partial charge in [-0.25, -0.2) is 14.8 Å². The van der Waals surface area contributed by atoms with Crippen molar-refractivity contribution in [2.75, 3.05) is 0 Å². The van der Waals surface area contributed by atoms with Gasteiger partial charge in [0.1, 0.15) is 0 Å². The van der Waals surface area contributed by atoms with Crippen LogP contribution >= 0.6 is 0 Å². The molecule has 3 aromatic heterocycles. The number of aromatic nitrogens is 4. The Morgan fingerprint density at radius 2 is 1.04 bits per heavy atom. The Kier molecular flexibility index (Phi) is 9.46. The molecule has 48 heavy (non-hydrogen) atoms. The van der Waals surface area contributed by atoms with E-state index in [1.54, 1.807) is 0 Å². The fourth-order valence-corrected chi connectivity index (χ4v) is 6.20. The number of carboxylic acid groups (broad SMARTS) is 4. The molecule has 0 saturated heterocycles. The summed E-state index contributed by atoms with van der Waals surface area (Å²) < 4.78 is 0. The smallest absolute Gasteiger partial charge is 0.328 e. The van der Waals surface area contributed by atoms with E-state index < -0.39 is 23.9 Å². The van der Waals surface area contributed by atoms with Crippen molar-refractivity contribution in [2.45, 2.75) is 66.2 Å². The predicted octanol–water partition coefficient (Wildman–Crippen LogP) is 6.64. The van der Waals surface area contributed by atoms with Crippen molar-refractivity contribution in [2.24, 2.45) is 0 Å². The molecular formula is C36H36N4O8. The molecule has 5 rings (SSSR count). The van der Waals surface area contributed by atoms with E-state index in [1.165, 1.54) is 6.08 Å². The maximum absolute atomic E-state index is 11.6. The molecule has 3 aromatic rings. The molecule has 2 aliphatic heterocycles. The zero-order chi connectivity index (χ0) is 34.9. The number of nitrogens with one attached hydrogen (secondary N) is 2. The van der Waals surface area contributed by atoms with Gasteiger partial charge in [-0.1, -0.05) is 0 Å². The van der Waals surface area contributed by atoms with Gasteiger partial charge in [0, 0.05) is 53.0 Å². The van der Waals surface area contributed by atoms with Crippen LogP contribution < -0.4 is 0 Å². The van der Waals surface area contributed by atoms with Gasteiger partial charge in [-0.2, -0.15) is 0 Å². The minimum absolute atomic E-state index is 0.110. The Morgan fingerprint density at radius 1 is 0.604 bits per heavy atom. The molecular weight excluding hydrogens is 616 g/mol. The minimum atomic E-state index is -1.11. The van der Waals surface area contributed by atoms with Gasteiger partial charge in [-0.3, -0.25) is 14.4 Å². The van der Waals surface area contributed by atoms with Crippen LogP contribution in [0.4, 0.5) is 0 Å². The Bertz CT molecular complexity index is 2130. The summed E-state index contributed by atoms with van der Waals surface area (Å²) >= 11 is 0. The Morgan fingerprint density at radius 3 is 1.56 bits per heavy atom. The second-order valence-corrected chi connectivity index (χ2v) is 11.9. The number of hydrogen-bond donors (Lipinski definition) is 6. The third-order valence-corrected chi connectivity index (χ3v) is 8.88. The van der Waals surface area contributed by atoms with E-state index in [2.05, 4.69) is 9.97 Å². The third-order valence-electron chi connectivity index (χ3n) is 8.88. The molecule has 0 saturated carbocycles. The molecule has 0 amide bonds. The number of carboxylic acids is 4. The average molecular weight is 653 g/mol. The minimum Gasteiger partial charge on any atom is -0.481 e. The zero-order valence-electron chi connectivity index (χ0n) is 27.0. The molecule has 0 spiro atoms. The van der Waals surface area contributed by atoms with E-state index >= 15 is 0 Å². The number of hydrogen-bond acceptors (Lipinski definition) is 6. The Hall–Kier alpha value is -5.78. The topological polar surface area (TPSA) is 207 Å². The second-order valence-electron chi connectivity index (χ2n) is 11.9. The van der Waals surface area contributed by atoms with E-state index in [4.69, 9.17) is 9.97 Å². The normalized spacial score (nSPS) is 13.1. The highest BCUT2D eigenvalue weighted by molar-refractivity contribution is 5.97. The molecule has 0 fully saturated rings. The van der Waals surface area contributed by atoms with Crippen molar-refractivity contribution in [3.05, 3.63) is 75.4 Å². The number of fused-ring (bicyclic) bond motifs is 8. The molecule has 248 valence electrons. The summed E-state index contributed by atoms with van der Waals surface area (Å²) in [6.07, 6.45) is 2.89. The van der Waals surface area contributed by atoms with Gasteiger partial charge >= 0.3 is 23.9 Å². The van der Waals surface area contributed by atoms with Gasteiger partial charge in [-0.05, 0) is 116 Å². The van der Waals surface area contributed by atoms with Crippen LogP contribution in [0.15, 0.2) is 30.3 Å². The fourth-order valence-electron chi connectivity index (χ4n) is 6.20. The first kappa shape index (κ1) is 33.6. The van der Waals surface area contributed by atoms with E-state index in [-0.39, 0.29) is 38.5 Å². The van der Waals surface area contributed by atoms with Crippen LogP contribution in [0.25, 0.3) is 50.4 Å². The molecule has 0 unspecified atom stereocenters. The first-order chi connectivity index (χ1) is 22.7. The van der Waals surface area contributed by atoms with E-state index in [0.717, 1.165) is 45.1 Å². The van der Waals surface area contributed by atoms with E-state index in [9.17, 15) is 39.6 Å². The quantitative estimate of drug-likeness (QED) is 0.122. The van der Waals surface area contributed by atoms with Crippen molar-refractivity contribution in [1.29, 1.82) is 0 Å². The first-order valence-corrected chi connectivity index (χ1v) is 15.4. The summed E-state index contributed by atoms with van der Waals surface area (Å²) in [4.78, 5) is 62.9.